The molecular formula is C19H25N3O2. The first-order valence-corrected chi connectivity index (χ1v) is 7.98. The number of ketones is 1. The van der Waals surface area contributed by atoms with E-state index in [9.17, 15) is 9.59 Å². The fourth-order valence-corrected chi connectivity index (χ4v) is 2.65. The topological polar surface area (TPSA) is 54.3 Å². The minimum atomic E-state index is -0.177. The zero-order valence-electron chi connectivity index (χ0n) is 15.0. The fourth-order valence-electron chi connectivity index (χ4n) is 2.65. The summed E-state index contributed by atoms with van der Waals surface area (Å²) < 4.78 is 1.68. The molecule has 0 saturated heterocycles. The van der Waals surface area contributed by atoms with Crippen molar-refractivity contribution in [2.75, 3.05) is 20.6 Å². The maximum Gasteiger partial charge on any atom is 0.267 e. The van der Waals surface area contributed by atoms with Crippen molar-refractivity contribution in [1.82, 2.24) is 14.8 Å². The van der Waals surface area contributed by atoms with E-state index < -0.39 is 0 Å². The van der Waals surface area contributed by atoms with Gasteiger partial charge in [-0.1, -0.05) is 29.8 Å². The van der Waals surface area contributed by atoms with E-state index >= 15 is 0 Å². The molecule has 5 heteroatoms. The molecule has 1 N–H and O–H groups in total. The van der Waals surface area contributed by atoms with E-state index in [0.29, 0.717) is 17.8 Å². The molecule has 2 rings (SSSR count). The average Bonchev–Trinajstić information content (AvgIpc) is 2.91. The summed E-state index contributed by atoms with van der Waals surface area (Å²) in [6.07, 6.45) is 1.68. The second kappa shape index (κ2) is 7.45. The molecular weight excluding hydrogens is 302 g/mol. The van der Waals surface area contributed by atoms with Crippen molar-refractivity contribution in [2.24, 2.45) is 7.05 Å². The second-order valence-electron chi connectivity index (χ2n) is 6.38. The van der Waals surface area contributed by atoms with Crippen molar-refractivity contribution in [3.63, 3.8) is 0 Å². The second-order valence-corrected chi connectivity index (χ2v) is 6.38. The molecule has 0 aliphatic carbocycles. The summed E-state index contributed by atoms with van der Waals surface area (Å²) in [5.41, 5.74) is 3.40. The monoisotopic (exact) mass is 327 g/mol. The predicted molar refractivity (Wildman–Crippen MR) is 95.4 cm³/mol. The van der Waals surface area contributed by atoms with E-state index in [4.69, 9.17) is 0 Å². The summed E-state index contributed by atoms with van der Waals surface area (Å²) in [4.78, 5) is 26.0. The molecule has 0 spiro atoms. The van der Waals surface area contributed by atoms with Crippen molar-refractivity contribution in [3.8, 4) is 0 Å². The number of hydrogen-bond acceptors (Lipinski definition) is 3. The number of carbonyl (C=O) groups is 2. The Hall–Kier alpha value is -2.40. The van der Waals surface area contributed by atoms with Crippen LogP contribution < -0.4 is 5.32 Å². The smallest absolute Gasteiger partial charge is 0.267 e. The Morgan fingerprint density at radius 3 is 2.33 bits per heavy atom. The SMILES string of the molecule is CC(=O)c1cc(C(=O)NC[C@@H](c2ccc(C)cc2)N(C)C)n(C)c1. The average molecular weight is 327 g/mol. The Bertz CT molecular complexity index is 730. The normalized spacial score (nSPS) is 12.2. The number of nitrogens with one attached hydrogen (secondary N) is 1. The third-order valence-electron chi connectivity index (χ3n) is 4.19. The largest absolute Gasteiger partial charge is 0.349 e. The summed E-state index contributed by atoms with van der Waals surface area (Å²) in [6, 6.07) is 10.0. The predicted octanol–water partition coefficient (Wildman–Crippen LogP) is 2.57. The molecule has 0 fully saturated rings. The zero-order valence-corrected chi connectivity index (χ0v) is 15.0. The molecule has 0 unspecified atom stereocenters. The Morgan fingerprint density at radius 2 is 1.83 bits per heavy atom. The highest BCUT2D eigenvalue weighted by Crippen LogP contribution is 2.18. The molecule has 1 atom stereocenters. The van der Waals surface area contributed by atoms with Gasteiger partial charge in [-0.15, -0.1) is 0 Å². The first-order valence-electron chi connectivity index (χ1n) is 7.98. The number of aryl methyl sites for hydroxylation is 2. The van der Waals surface area contributed by atoms with Crippen LogP contribution in [0.25, 0.3) is 0 Å². The first-order chi connectivity index (χ1) is 11.3. The Balaban J connectivity index is 2.10. The van der Waals surface area contributed by atoms with Gasteiger partial charge in [-0.25, -0.2) is 0 Å². The molecule has 5 nitrogen and oxygen atoms in total. The molecule has 1 heterocycles. The van der Waals surface area contributed by atoms with Crippen molar-refractivity contribution in [2.45, 2.75) is 19.9 Å². The lowest BCUT2D eigenvalue weighted by atomic mass is 10.0. The van der Waals surface area contributed by atoms with Crippen LogP contribution in [0.1, 0.15) is 44.9 Å². The molecule has 24 heavy (non-hydrogen) atoms. The highest BCUT2D eigenvalue weighted by molar-refractivity contribution is 5.99. The molecule has 0 saturated carbocycles. The third kappa shape index (κ3) is 4.11. The minimum absolute atomic E-state index is 0.0459. The number of hydrogen-bond donors (Lipinski definition) is 1. The van der Waals surface area contributed by atoms with Crippen LogP contribution in [-0.4, -0.2) is 41.8 Å². The van der Waals surface area contributed by atoms with Crippen molar-refractivity contribution in [3.05, 3.63) is 58.9 Å². The van der Waals surface area contributed by atoms with E-state index in [1.54, 1.807) is 23.9 Å². The Morgan fingerprint density at radius 1 is 1.21 bits per heavy atom. The summed E-state index contributed by atoms with van der Waals surface area (Å²) in [5.74, 6) is -0.223. The fraction of sp³-hybridized carbons (Fsp3) is 0.368. The highest BCUT2D eigenvalue weighted by atomic mass is 16.2. The van der Waals surface area contributed by atoms with Gasteiger partial charge >= 0.3 is 0 Å². The van der Waals surface area contributed by atoms with Gasteiger partial charge in [0.05, 0.1) is 6.04 Å². The van der Waals surface area contributed by atoms with E-state index in [0.717, 1.165) is 5.56 Å². The number of amides is 1. The van der Waals surface area contributed by atoms with Gasteiger partial charge in [-0.2, -0.15) is 0 Å². The molecule has 0 aliphatic rings. The van der Waals surface area contributed by atoms with Gasteiger partial charge in [-0.3, -0.25) is 9.59 Å². The number of rotatable bonds is 6. The zero-order chi connectivity index (χ0) is 17.9. The summed E-state index contributed by atoms with van der Waals surface area (Å²) in [6.45, 7) is 4.05. The van der Waals surface area contributed by atoms with E-state index in [1.807, 2.05) is 14.1 Å². The number of Topliss-reactive ketones (excluding diaryl/α,β-unsaturated/α-hetero) is 1. The molecule has 2 aromatic rings. The number of likely N-dealkylation sites (N-methyl/N-ethyl adjacent to an activating group) is 1. The van der Waals surface area contributed by atoms with Crippen molar-refractivity contribution in [1.29, 1.82) is 0 Å². The molecule has 1 aromatic carbocycles. The first kappa shape index (κ1) is 17.9. The van der Waals surface area contributed by atoms with Gasteiger partial charge in [0.2, 0.25) is 0 Å². The summed E-state index contributed by atoms with van der Waals surface area (Å²) >= 11 is 0. The lowest BCUT2D eigenvalue weighted by molar-refractivity contribution is 0.0933. The van der Waals surface area contributed by atoms with Crippen LogP contribution >= 0.6 is 0 Å². The number of aromatic nitrogens is 1. The van der Waals surface area contributed by atoms with Crippen LogP contribution in [0.2, 0.25) is 0 Å². The van der Waals surface area contributed by atoms with Gasteiger partial charge < -0.3 is 14.8 Å². The maximum absolute atomic E-state index is 12.5. The minimum Gasteiger partial charge on any atom is -0.349 e. The summed E-state index contributed by atoms with van der Waals surface area (Å²) in [7, 11) is 5.75. The van der Waals surface area contributed by atoms with Crippen LogP contribution in [0.5, 0.6) is 0 Å². The molecule has 1 amide bonds. The van der Waals surface area contributed by atoms with Crippen molar-refractivity contribution >= 4 is 11.7 Å². The van der Waals surface area contributed by atoms with Gasteiger partial charge in [-0.05, 0) is 39.6 Å². The number of benzene rings is 1. The van der Waals surface area contributed by atoms with Crippen LogP contribution in [0.4, 0.5) is 0 Å². The van der Waals surface area contributed by atoms with E-state index in [2.05, 4.69) is 41.4 Å². The quantitative estimate of drug-likeness (QED) is 0.830. The van der Waals surface area contributed by atoms with Gasteiger partial charge in [0.1, 0.15) is 5.69 Å². The molecule has 0 aliphatic heterocycles. The number of carbonyl (C=O) groups excluding carboxylic acids is 2. The van der Waals surface area contributed by atoms with Crippen LogP contribution in [0, 0.1) is 6.92 Å². The van der Waals surface area contributed by atoms with Crippen molar-refractivity contribution < 1.29 is 9.59 Å². The van der Waals surface area contributed by atoms with Crippen LogP contribution in [-0.2, 0) is 7.05 Å². The maximum atomic E-state index is 12.5. The van der Waals surface area contributed by atoms with E-state index in [-0.39, 0.29) is 17.7 Å². The molecule has 128 valence electrons. The number of nitrogens with zero attached hydrogens (tertiary/aromatic N) is 2. The lowest BCUT2D eigenvalue weighted by Crippen LogP contribution is -2.35. The Kier molecular flexibility index (Phi) is 5.57. The van der Waals surface area contributed by atoms with Gasteiger partial charge in [0.15, 0.2) is 5.78 Å². The van der Waals surface area contributed by atoms with Crippen LogP contribution in [0.15, 0.2) is 36.5 Å². The lowest BCUT2D eigenvalue weighted by Gasteiger charge is -2.25. The standard InChI is InChI=1S/C19H25N3O2/c1-13-6-8-15(9-7-13)18(21(3)4)11-20-19(24)17-10-16(14(2)23)12-22(17)5/h6-10,12,18H,11H2,1-5H3,(H,20,24)/t18-/m0/s1. The van der Waals surface area contributed by atoms with Crippen LogP contribution in [0.3, 0.4) is 0 Å². The molecule has 0 bridgehead atoms. The summed E-state index contributed by atoms with van der Waals surface area (Å²) in [5, 5.41) is 2.97. The van der Waals surface area contributed by atoms with Gasteiger partial charge in [0, 0.05) is 25.4 Å². The molecule has 1 aromatic heterocycles. The highest BCUT2D eigenvalue weighted by Gasteiger charge is 2.18. The van der Waals surface area contributed by atoms with Gasteiger partial charge in [0.25, 0.3) is 5.91 Å². The molecule has 0 radical (unpaired) electrons. The third-order valence-corrected chi connectivity index (χ3v) is 4.19. The Labute approximate surface area is 143 Å². The van der Waals surface area contributed by atoms with E-state index in [1.165, 1.54) is 12.5 Å².